The van der Waals surface area contributed by atoms with Crippen LogP contribution in [0.1, 0.15) is 17.9 Å². The van der Waals surface area contributed by atoms with Crippen molar-refractivity contribution in [2.75, 3.05) is 0 Å². The fourth-order valence-corrected chi connectivity index (χ4v) is 1.47. The first-order valence-corrected chi connectivity index (χ1v) is 3.97. The smallest absolute Gasteiger partial charge is 0.221 e. The summed E-state index contributed by atoms with van der Waals surface area (Å²) in [5.41, 5.74) is 1.10. The van der Waals surface area contributed by atoms with Crippen LogP contribution in [-0.4, -0.2) is 11.0 Å². The third kappa shape index (κ3) is 1.18. The van der Waals surface area contributed by atoms with E-state index in [1.807, 2.05) is 30.3 Å². The highest BCUT2D eigenvalue weighted by Crippen LogP contribution is 2.42. The Morgan fingerprint density at radius 3 is 2.50 bits per heavy atom. The Labute approximate surface area is 70.2 Å². The molecule has 1 aromatic carbocycles. The van der Waals surface area contributed by atoms with Crippen molar-refractivity contribution in [3.05, 3.63) is 46.0 Å². The largest absolute Gasteiger partial charge is 0.264 e. The second-order valence-corrected chi connectivity index (χ2v) is 3.11. The summed E-state index contributed by atoms with van der Waals surface area (Å²) < 4.78 is 0. The fourth-order valence-electron chi connectivity index (χ4n) is 1.47. The number of hydrogen-bond acceptors (Lipinski definition) is 2. The number of hydrogen-bond donors (Lipinski definition) is 0. The molecule has 1 aliphatic rings. The molecule has 2 atom stereocenters. The van der Waals surface area contributed by atoms with Crippen LogP contribution in [0.3, 0.4) is 0 Å². The van der Waals surface area contributed by atoms with E-state index in [2.05, 4.69) is 0 Å². The zero-order valence-electron chi connectivity index (χ0n) is 6.51. The van der Waals surface area contributed by atoms with Gasteiger partial charge in [0.1, 0.15) is 0 Å². The normalized spacial score (nSPS) is 26.7. The van der Waals surface area contributed by atoms with Crippen molar-refractivity contribution in [2.24, 2.45) is 0 Å². The molecule has 3 heteroatoms. The molecule has 12 heavy (non-hydrogen) atoms. The van der Waals surface area contributed by atoms with Crippen molar-refractivity contribution >= 4 is 0 Å². The van der Waals surface area contributed by atoms with E-state index in [0.717, 1.165) is 5.56 Å². The van der Waals surface area contributed by atoms with Crippen LogP contribution in [0, 0.1) is 10.1 Å². The van der Waals surface area contributed by atoms with Crippen LogP contribution in [0.4, 0.5) is 0 Å². The first-order valence-electron chi connectivity index (χ1n) is 3.97. The minimum Gasteiger partial charge on any atom is -0.264 e. The van der Waals surface area contributed by atoms with Crippen LogP contribution in [0.15, 0.2) is 30.3 Å². The van der Waals surface area contributed by atoms with Gasteiger partial charge in [-0.15, -0.1) is 0 Å². The van der Waals surface area contributed by atoms with E-state index in [4.69, 9.17) is 0 Å². The molecule has 1 aliphatic carbocycles. The Bertz CT molecular complexity index is 297. The average Bonchev–Trinajstić information content (AvgIpc) is 2.84. The van der Waals surface area contributed by atoms with E-state index >= 15 is 0 Å². The third-order valence-corrected chi connectivity index (χ3v) is 2.26. The minimum absolute atomic E-state index is 0.168. The monoisotopic (exact) mass is 163 g/mol. The van der Waals surface area contributed by atoms with Gasteiger partial charge in [-0.2, -0.15) is 0 Å². The minimum atomic E-state index is -0.326. The molecular formula is C9H9NO2. The molecule has 0 bridgehead atoms. The maximum Gasteiger partial charge on any atom is 0.221 e. The predicted octanol–water partition coefficient (Wildman–Crippen LogP) is 1.82. The van der Waals surface area contributed by atoms with Crippen LogP contribution < -0.4 is 0 Å². The highest BCUT2D eigenvalue weighted by atomic mass is 16.6. The quantitative estimate of drug-likeness (QED) is 0.493. The van der Waals surface area contributed by atoms with Gasteiger partial charge >= 0.3 is 0 Å². The molecule has 0 N–H and O–H groups in total. The van der Waals surface area contributed by atoms with Gasteiger partial charge in [-0.05, 0) is 5.56 Å². The zero-order chi connectivity index (χ0) is 8.55. The summed E-state index contributed by atoms with van der Waals surface area (Å²) in [5, 5.41) is 10.4. The van der Waals surface area contributed by atoms with E-state index in [-0.39, 0.29) is 16.9 Å². The van der Waals surface area contributed by atoms with Gasteiger partial charge in [-0.1, -0.05) is 30.3 Å². The Kier molecular flexibility index (Phi) is 1.57. The molecule has 0 unspecified atom stereocenters. The SMILES string of the molecule is O=[N+]([O-])[C@@H]1C[C@H]1c1ccccc1. The highest BCUT2D eigenvalue weighted by Gasteiger charge is 2.48. The standard InChI is InChI=1S/C9H9NO2/c11-10(12)9-6-8(9)7-4-2-1-3-5-7/h1-5,8-9H,6H2/t8-,9+/m0/s1. The first-order chi connectivity index (χ1) is 5.79. The predicted molar refractivity (Wildman–Crippen MR) is 44.6 cm³/mol. The molecule has 0 radical (unpaired) electrons. The van der Waals surface area contributed by atoms with Crippen molar-refractivity contribution in [3.8, 4) is 0 Å². The number of nitro groups is 1. The van der Waals surface area contributed by atoms with Crippen LogP contribution in [0.2, 0.25) is 0 Å². The summed E-state index contributed by atoms with van der Waals surface area (Å²) in [5.74, 6) is 0.168. The lowest BCUT2D eigenvalue weighted by Gasteiger charge is -1.93. The molecule has 0 saturated heterocycles. The van der Waals surface area contributed by atoms with E-state index in [0.29, 0.717) is 6.42 Å². The van der Waals surface area contributed by atoms with Crippen molar-refractivity contribution in [3.63, 3.8) is 0 Å². The van der Waals surface area contributed by atoms with Gasteiger partial charge in [0.05, 0.1) is 5.92 Å². The van der Waals surface area contributed by atoms with E-state index in [1.54, 1.807) is 0 Å². The summed E-state index contributed by atoms with van der Waals surface area (Å²) in [4.78, 5) is 10.2. The first kappa shape index (κ1) is 7.28. The summed E-state index contributed by atoms with van der Waals surface area (Å²) >= 11 is 0. The molecule has 1 saturated carbocycles. The molecule has 3 nitrogen and oxygen atoms in total. The van der Waals surface area contributed by atoms with Gasteiger partial charge in [0.25, 0.3) is 0 Å². The Hall–Kier alpha value is -1.38. The molecule has 0 heterocycles. The molecule has 0 spiro atoms. The zero-order valence-corrected chi connectivity index (χ0v) is 6.51. The Balaban J connectivity index is 2.11. The second kappa shape index (κ2) is 2.59. The highest BCUT2D eigenvalue weighted by molar-refractivity contribution is 5.26. The lowest BCUT2D eigenvalue weighted by molar-refractivity contribution is -0.496. The lowest BCUT2D eigenvalue weighted by Crippen LogP contribution is -2.02. The summed E-state index contributed by atoms with van der Waals surface area (Å²) in [6, 6.07) is 9.34. The van der Waals surface area contributed by atoms with Crippen LogP contribution in [-0.2, 0) is 0 Å². The Morgan fingerprint density at radius 2 is 2.00 bits per heavy atom. The summed E-state index contributed by atoms with van der Waals surface area (Å²) in [6.45, 7) is 0. The lowest BCUT2D eigenvalue weighted by atomic mass is 10.1. The Morgan fingerprint density at radius 1 is 1.33 bits per heavy atom. The number of nitrogens with zero attached hydrogens (tertiary/aromatic N) is 1. The van der Waals surface area contributed by atoms with E-state index in [9.17, 15) is 10.1 Å². The second-order valence-electron chi connectivity index (χ2n) is 3.11. The van der Waals surface area contributed by atoms with E-state index in [1.165, 1.54) is 0 Å². The third-order valence-electron chi connectivity index (χ3n) is 2.26. The van der Waals surface area contributed by atoms with Crippen molar-refractivity contribution in [1.29, 1.82) is 0 Å². The van der Waals surface area contributed by atoms with Crippen LogP contribution >= 0.6 is 0 Å². The van der Waals surface area contributed by atoms with Crippen molar-refractivity contribution in [1.82, 2.24) is 0 Å². The van der Waals surface area contributed by atoms with Gasteiger partial charge in [0.2, 0.25) is 6.04 Å². The van der Waals surface area contributed by atoms with Gasteiger partial charge in [0.15, 0.2) is 0 Å². The van der Waals surface area contributed by atoms with Gasteiger partial charge < -0.3 is 0 Å². The molecule has 0 aromatic heterocycles. The van der Waals surface area contributed by atoms with Crippen molar-refractivity contribution in [2.45, 2.75) is 18.4 Å². The van der Waals surface area contributed by atoms with Gasteiger partial charge in [-0.3, -0.25) is 10.1 Å². The topological polar surface area (TPSA) is 43.1 Å². The molecule has 0 aliphatic heterocycles. The summed E-state index contributed by atoms with van der Waals surface area (Å²) in [6.07, 6.45) is 0.705. The number of benzene rings is 1. The fraction of sp³-hybridized carbons (Fsp3) is 0.333. The van der Waals surface area contributed by atoms with Gasteiger partial charge in [-0.25, -0.2) is 0 Å². The number of rotatable bonds is 2. The molecular weight excluding hydrogens is 154 g/mol. The summed E-state index contributed by atoms with van der Waals surface area (Å²) in [7, 11) is 0. The van der Waals surface area contributed by atoms with Gasteiger partial charge in [0, 0.05) is 11.3 Å². The average molecular weight is 163 g/mol. The molecule has 1 aromatic rings. The van der Waals surface area contributed by atoms with E-state index < -0.39 is 0 Å². The maximum absolute atomic E-state index is 10.4. The van der Waals surface area contributed by atoms with Crippen LogP contribution in [0.5, 0.6) is 0 Å². The maximum atomic E-state index is 10.4. The molecule has 62 valence electrons. The van der Waals surface area contributed by atoms with Crippen molar-refractivity contribution < 1.29 is 4.92 Å². The molecule has 2 rings (SSSR count). The molecule has 1 fully saturated rings. The molecule has 0 amide bonds. The van der Waals surface area contributed by atoms with Crippen LogP contribution in [0.25, 0.3) is 0 Å².